The minimum Gasteiger partial charge on any atom is -0.368 e. The number of hydrogen-bond acceptors (Lipinski definition) is 6. The quantitative estimate of drug-likeness (QED) is 0.711. The van der Waals surface area contributed by atoms with E-state index in [2.05, 4.69) is 15.0 Å². The first-order chi connectivity index (χ1) is 14.1. The Hall–Kier alpha value is -2.61. The lowest BCUT2D eigenvalue weighted by Gasteiger charge is -2.34. The molecule has 0 aliphatic carbocycles. The predicted molar refractivity (Wildman–Crippen MR) is 110 cm³/mol. The standard InChI is InChI=1S/C21H29N5O3/c22-20(28)17-7-5-11-26(17)19(27)9-3-4-10-24-12-14-25(15-13-24)21-16-6-1-2-8-18(16)29-23-21/h1-2,6,8,17H,3-5,7,9-15H2,(H2,22,28)/t17-/m0/s1. The average Bonchev–Trinajstić information content (AvgIpc) is 3.39. The highest BCUT2D eigenvalue weighted by molar-refractivity contribution is 5.88. The van der Waals surface area contributed by atoms with Crippen LogP contribution in [0.3, 0.4) is 0 Å². The number of aromatic nitrogens is 1. The monoisotopic (exact) mass is 399 g/mol. The van der Waals surface area contributed by atoms with Crippen LogP contribution in [0.4, 0.5) is 5.82 Å². The molecule has 1 atom stereocenters. The zero-order valence-corrected chi connectivity index (χ0v) is 16.8. The number of nitrogens with zero attached hydrogens (tertiary/aromatic N) is 4. The molecular weight excluding hydrogens is 370 g/mol. The van der Waals surface area contributed by atoms with E-state index in [1.165, 1.54) is 0 Å². The summed E-state index contributed by atoms with van der Waals surface area (Å²) in [6.07, 6.45) is 3.88. The van der Waals surface area contributed by atoms with Crippen LogP contribution in [-0.4, -0.2) is 72.1 Å². The zero-order chi connectivity index (χ0) is 20.2. The van der Waals surface area contributed by atoms with E-state index in [1.54, 1.807) is 4.90 Å². The van der Waals surface area contributed by atoms with Crippen molar-refractivity contribution in [3.8, 4) is 0 Å². The molecule has 3 heterocycles. The van der Waals surface area contributed by atoms with E-state index in [9.17, 15) is 9.59 Å². The Kier molecular flexibility index (Phi) is 5.99. The molecule has 156 valence electrons. The lowest BCUT2D eigenvalue weighted by atomic mass is 10.1. The number of amides is 2. The third-order valence-electron chi connectivity index (χ3n) is 6.05. The van der Waals surface area contributed by atoms with Crippen molar-refractivity contribution >= 4 is 28.6 Å². The van der Waals surface area contributed by atoms with Crippen molar-refractivity contribution in [2.75, 3.05) is 44.2 Å². The SMILES string of the molecule is NC(=O)[C@@H]1CCCN1C(=O)CCCCN1CCN(c2noc3ccccc23)CC1. The number of carbonyl (C=O) groups excluding carboxylic acids is 2. The van der Waals surface area contributed by atoms with Crippen molar-refractivity contribution in [2.45, 2.75) is 38.1 Å². The van der Waals surface area contributed by atoms with Crippen LogP contribution in [0.15, 0.2) is 28.8 Å². The summed E-state index contributed by atoms with van der Waals surface area (Å²) in [5, 5.41) is 5.32. The molecule has 29 heavy (non-hydrogen) atoms. The molecule has 0 saturated carbocycles. The summed E-state index contributed by atoms with van der Waals surface area (Å²) >= 11 is 0. The summed E-state index contributed by atoms with van der Waals surface area (Å²) in [5.74, 6) is 0.614. The predicted octanol–water partition coefficient (Wildman–Crippen LogP) is 1.60. The summed E-state index contributed by atoms with van der Waals surface area (Å²) in [7, 11) is 0. The Bertz CT molecular complexity index is 859. The Morgan fingerprint density at radius 1 is 1.10 bits per heavy atom. The summed E-state index contributed by atoms with van der Waals surface area (Å²) in [4.78, 5) is 30.2. The second-order valence-corrected chi connectivity index (χ2v) is 7.94. The van der Waals surface area contributed by atoms with E-state index in [-0.39, 0.29) is 11.8 Å². The van der Waals surface area contributed by atoms with Crippen molar-refractivity contribution in [2.24, 2.45) is 5.73 Å². The number of nitrogens with two attached hydrogens (primary N) is 1. The Balaban J connectivity index is 1.18. The van der Waals surface area contributed by atoms with E-state index in [1.807, 2.05) is 24.3 Å². The second kappa shape index (κ2) is 8.82. The number of carbonyl (C=O) groups is 2. The van der Waals surface area contributed by atoms with Gasteiger partial charge in [-0.05, 0) is 44.4 Å². The highest BCUT2D eigenvalue weighted by Gasteiger charge is 2.32. The van der Waals surface area contributed by atoms with Gasteiger partial charge < -0.3 is 20.1 Å². The molecule has 1 aromatic carbocycles. The van der Waals surface area contributed by atoms with Gasteiger partial charge in [-0.3, -0.25) is 14.5 Å². The maximum atomic E-state index is 12.4. The molecule has 2 amide bonds. The Morgan fingerprint density at radius 3 is 2.69 bits per heavy atom. The van der Waals surface area contributed by atoms with Gasteiger partial charge in [0.1, 0.15) is 6.04 Å². The highest BCUT2D eigenvalue weighted by Crippen LogP contribution is 2.26. The molecule has 8 heteroatoms. The normalized spacial score (nSPS) is 20.5. The molecule has 2 fully saturated rings. The number of para-hydroxylation sites is 1. The molecule has 2 N–H and O–H groups in total. The van der Waals surface area contributed by atoms with E-state index in [4.69, 9.17) is 10.3 Å². The van der Waals surface area contributed by atoms with Gasteiger partial charge >= 0.3 is 0 Å². The van der Waals surface area contributed by atoms with Crippen LogP contribution < -0.4 is 10.6 Å². The minimum absolute atomic E-state index is 0.0639. The zero-order valence-electron chi connectivity index (χ0n) is 16.8. The van der Waals surface area contributed by atoms with Crippen molar-refractivity contribution in [3.63, 3.8) is 0 Å². The van der Waals surface area contributed by atoms with Gasteiger partial charge in [-0.2, -0.15) is 0 Å². The van der Waals surface area contributed by atoms with Gasteiger partial charge in [0.25, 0.3) is 0 Å². The van der Waals surface area contributed by atoms with E-state index in [0.717, 1.165) is 68.8 Å². The topological polar surface area (TPSA) is 95.9 Å². The number of rotatable bonds is 7. The first-order valence-electron chi connectivity index (χ1n) is 10.5. The number of primary amides is 1. The third kappa shape index (κ3) is 4.37. The van der Waals surface area contributed by atoms with Crippen molar-refractivity contribution in [3.05, 3.63) is 24.3 Å². The van der Waals surface area contributed by atoms with Gasteiger partial charge in [0.15, 0.2) is 11.4 Å². The van der Waals surface area contributed by atoms with Crippen molar-refractivity contribution in [1.82, 2.24) is 15.0 Å². The van der Waals surface area contributed by atoms with Gasteiger partial charge in [-0.25, -0.2) is 0 Å². The lowest BCUT2D eigenvalue weighted by Crippen LogP contribution is -2.46. The molecule has 8 nitrogen and oxygen atoms in total. The van der Waals surface area contributed by atoms with E-state index in [0.29, 0.717) is 19.4 Å². The molecule has 2 aromatic rings. The van der Waals surface area contributed by atoms with Crippen molar-refractivity contribution < 1.29 is 14.1 Å². The fraction of sp³-hybridized carbons (Fsp3) is 0.571. The van der Waals surface area contributed by atoms with Gasteiger partial charge in [0, 0.05) is 39.1 Å². The van der Waals surface area contributed by atoms with Crippen LogP contribution in [-0.2, 0) is 9.59 Å². The molecule has 0 radical (unpaired) electrons. The number of hydrogen-bond donors (Lipinski definition) is 1. The summed E-state index contributed by atoms with van der Waals surface area (Å²) in [5.41, 5.74) is 6.23. The van der Waals surface area contributed by atoms with Crippen LogP contribution in [0.2, 0.25) is 0 Å². The third-order valence-corrected chi connectivity index (χ3v) is 6.05. The van der Waals surface area contributed by atoms with Crippen LogP contribution in [0.5, 0.6) is 0 Å². The second-order valence-electron chi connectivity index (χ2n) is 7.94. The molecule has 0 bridgehead atoms. The van der Waals surface area contributed by atoms with Crippen molar-refractivity contribution in [1.29, 1.82) is 0 Å². The van der Waals surface area contributed by atoms with Gasteiger partial charge in [-0.1, -0.05) is 17.3 Å². The number of anilines is 1. The Labute approximate surface area is 170 Å². The maximum absolute atomic E-state index is 12.4. The van der Waals surface area contributed by atoms with Crippen LogP contribution in [0.25, 0.3) is 11.0 Å². The first-order valence-corrected chi connectivity index (χ1v) is 10.5. The highest BCUT2D eigenvalue weighted by atomic mass is 16.5. The van der Waals surface area contributed by atoms with Crippen LogP contribution >= 0.6 is 0 Å². The summed E-state index contributed by atoms with van der Waals surface area (Å²) in [6, 6.07) is 7.56. The lowest BCUT2D eigenvalue weighted by molar-refractivity contribution is -0.137. The maximum Gasteiger partial charge on any atom is 0.240 e. The van der Waals surface area contributed by atoms with Gasteiger partial charge in [-0.15, -0.1) is 0 Å². The summed E-state index contributed by atoms with van der Waals surface area (Å²) < 4.78 is 5.43. The average molecular weight is 399 g/mol. The largest absolute Gasteiger partial charge is 0.368 e. The molecule has 0 spiro atoms. The Morgan fingerprint density at radius 2 is 1.90 bits per heavy atom. The molecule has 2 aliphatic heterocycles. The molecule has 1 aromatic heterocycles. The molecule has 4 rings (SSSR count). The fourth-order valence-electron chi connectivity index (χ4n) is 4.40. The number of piperazine rings is 1. The van der Waals surface area contributed by atoms with Crippen LogP contribution in [0, 0.1) is 0 Å². The van der Waals surface area contributed by atoms with E-state index >= 15 is 0 Å². The molecule has 2 aliphatic rings. The molecule has 2 saturated heterocycles. The van der Waals surface area contributed by atoms with Crippen LogP contribution in [0.1, 0.15) is 32.1 Å². The number of likely N-dealkylation sites (tertiary alicyclic amines) is 1. The summed E-state index contributed by atoms with van der Waals surface area (Å²) in [6.45, 7) is 5.44. The number of benzene rings is 1. The van der Waals surface area contributed by atoms with E-state index < -0.39 is 6.04 Å². The van der Waals surface area contributed by atoms with Gasteiger partial charge in [0.2, 0.25) is 11.8 Å². The molecular formula is C21H29N5O3. The number of fused-ring (bicyclic) bond motifs is 1. The van der Waals surface area contributed by atoms with Gasteiger partial charge in [0.05, 0.1) is 5.39 Å². The minimum atomic E-state index is -0.400. The molecule has 0 unspecified atom stereocenters. The first kappa shape index (κ1) is 19.7. The number of unbranched alkanes of at least 4 members (excludes halogenated alkanes) is 1. The fourth-order valence-corrected chi connectivity index (χ4v) is 4.40. The smallest absolute Gasteiger partial charge is 0.240 e.